The van der Waals surface area contributed by atoms with Gasteiger partial charge in [0, 0.05) is 21.9 Å². The topological polar surface area (TPSA) is 78.4 Å². The van der Waals surface area contributed by atoms with Crippen molar-refractivity contribution in [2.75, 3.05) is 19.4 Å². The minimum absolute atomic E-state index is 0.0141. The predicted octanol–water partition coefficient (Wildman–Crippen LogP) is 1.30. The fourth-order valence-corrected chi connectivity index (χ4v) is 2.45. The first-order valence-corrected chi connectivity index (χ1v) is 8.11. The Hall–Kier alpha value is -1.24. The van der Waals surface area contributed by atoms with Gasteiger partial charge >= 0.3 is 0 Å². The average molecular weight is 331 g/mol. The molecule has 1 aromatic carbocycles. The molecule has 5 nitrogen and oxygen atoms in total. The van der Waals surface area contributed by atoms with E-state index in [2.05, 4.69) is 10.6 Å². The molecule has 21 heavy (non-hydrogen) atoms. The van der Waals surface area contributed by atoms with Crippen molar-refractivity contribution in [1.29, 1.82) is 0 Å². The van der Waals surface area contributed by atoms with E-state index >= 15 is 0 Å². The van der Waals surface area contributed by atoms with Gasteiger partial charge in [0.15, 0.2) is 0 Å². The van der Waals surface area contributed by atoms with Crippen LogP contribution in [0.1, 0.15) is 17.3 Å². The van der Waals surface area contributed by atoms with E-state index in [0.717, 1.165) is 0 Å². The van der Waals surface area contributed by atoms with Crippen molar-refractivity contribution in [3.8, 4) is 0 Å². The molecule has 7 heteroatoms. The van der Waals surface area contributed by atoms with Crippen LogP contribution in [0.5, 0.6) is 0 Å². The van der Waals surface area contributed by atoms with E-state index in [9.17, 15) is 9.59 Å². The third-order valence-electron chi connectivity index (χ3n) is 2.94. The van der Waals surface area contributed by atoms with Crippen LogP contribution in [0, 0.1) is 0 Å². The summed E-state index contributed by atoms with van der Waals surface area (Å²) in [6.45, 7) is 1.69. The lowest BCUT2D eigenvalue weighted by Gasteiger charge is -2.21. The Morgan fingerprint density at radius 1 is 1.33 bits per heavy atom. The van der Waals surface area contributed by atoms with Gasteiger partial charge in [-0.05, 0) is 37.4 Å². The Morgan fingerprint density at radius 3 is 2.48 bits per heavy atom. The maximum Gasteiger partial charge on any atom is 0.251 e. The van der Waals surface area contributed by atoms with Crippen molar-refractivity contribution < 1.29 is 14.7 Å². The van der Waals surface area contributed by atoms with Crippen molar-refractivity contribution in [2.45, 2.75) is 18.2 Å². The molecule has 0 aliphatic carbocycles. The first-order valence-electron chi connectivity index (χ1n) is 6.44. The second-order valence-corrected chi connectivity index (χ2v) is 6.02. The molecule has 2 unspecified atom stereocenters. The highest BCUT2D eigenvalue weighted by molar-refractivity contribution is 7.99. The van der Waals surface area contributed by atoms with Crippen molar-refractivity contribution in [2.24, 2.45) is 0 Å². The molecule has 116 valence electrons. The van der Waals surface area contributed by atoms with Crippen LogP contribution in [0.2, 0.25) is 5.02 Å². The molecule has 0 saturated carbocycles. The van der Waals surface area contributed by atoms with Crippen LogP contribution in [-0.2, 0) is 4.79 Å². The molecule has 0 heterocycles. The fourth-order valence-electron chi connectivity index (χ4n) is 1.70. The Morgan fingerprint density at radius 2 is 1.95 bits per heavy atom. The second kappa shape index (κ2) is 8.92. The third-order valence-corrected chi connectivity index (χ3v) is 4.36. The Labute approximate surface area is 133 Å². The second-order valence-electron chi connectivity index (χ2n) is 4.50. The Balaban J connectivity index is 2.42. The van der Waals surface area contributed by atoms with Crippen LogP contribution < -0.4 is 10.6 Å². The zero-order chi connectivity index (χ0) is 15.8. The van der Waals surface area contributed by atoms with Gasteiger partial charge in [-0.15, -0.1) is 0 Å². The smallest absolute Gasteiger partial charge is 0.251 e. The van der Waals surface area contributed by atoms with E-state index in [1.165, 1.54) is 11.8 Å². The third kappa shape index (κ3) is 5.95. The molecular formula is C14H19ClN2O3S. The number of benzene rings is 1. The SMILES string of the molecule is CSC(CO)C(C)NC(=O)CNC(=O)c1ccc(Cl)cc1. The van der Waals surface area contributed by atoms with Gasteiger partial charge in [-0.2, -0.15) is 11.8 Å². The Bertz CT molecular complexity index is 478. The summed E-state index contributed by atoms with van der Waals surface area (Å²) in [6.07, 6.45) is 1.87. The van der Waals surface area contributed by atoms with E-state index in [-0.39, 0.29) is 36.3 Å². The van der Waals surface area contributed by atoms with Gasteiger partial charge in [0.25, 0.3) is 5.91 Å². The molecule has 1 aromatic rings. The number of aliphatic hydroxyl groups is 1. The number of nitrogens with one attached hydrogen (secondary N) is 2. The minimum atomic E-state index is -0.335. The molecular weight excluding hydrogens is 312 g/mol. The number of aliphatic hydroxyl groups excluding tert-OH is 1. The zero-order valence-electron chi connectivity index (χ0n) is 11.9. The summed E-state index contributed by atoms with van der Waals surface area (Å²) in [7, 11) is 0. The van der Waals surface area contributed by atoms with Crippen LogP contribution in [-0.4, -0.2) is 47.6 Å². The van der Waals surface area contributed by atoms with Crippen LogP contribution in [0.4, 0.5) is 0 Å². The zero-order valence-corrected chi connectivity index (χ0v) is 13.5. The van der Waals surface area contributed by atoms with E-state index in [1.54, 1.807) is 24.3 Å². The summed E-state index contributed by atoms with van der Waals surface area (Å²) < 4.78 is 0. The van der Waals surface area contributed by atoms with E-state index in [4.69, 9.17) is 16.7 Å². The monoisotopic (exact) mass is 330 g/mol. The number of hydrogen-bond acceptors (Lipinski definition) is 4. The number of thioether (sulfide) groups is 1. The molecule has 2 amide bonds. The molecule has 0 bridgehead atoms. The number of hydrogen-bond donors (Lipinski definition) is 3. The lowest BCUT2D eigenvalue weighted by molar-refractivity contribution is -0.120. The lowest BCUT2D eigenvalue weighted by Crippen LogP contribution is -2.45. The largest absolute Gasteiger partial charge is 0.395 e. The highest BCUT2D eigenvalue weighted by Crippen LogP contribution is 2.10. The molecule has 2 atom stereocenters. The molecule has 0 aliphatic rings. The molecule has 3 N–H and O–H groups in total. The van der Waals surface area contributed by atoms with Crippen molar-refractivity contribution in [3.63, 3.8) is 0 Å². The molecule has 0 aromatic heterocycles. The van der Waals surface area contributed by atoms with E-state index in [0.29, 0.717) is 10.6 Å². The summed E-state index contributed by atoms with van der Waals surface area (Å²) in [5, 5.41) is 14.9. The van der Waals surface area contributed by atoms with Crippen LogP contribution in [0.15, 0.2) is 24.3 Å². The van der Waals surface area contributed by atoms with Gasteiger partial charge in [0.2, 0.25) is 5.91 Å². The van der Waals surface area contributed by atoms with E-state index in [1.807, 2.05) is 13.2 Å². The maximum absolute atomic E-state index is 11.8. The number of carbonyl (C=O) groups excluding carboxylic acids is 2. The highest BCUT2D eigenvalue weighted by Gasteiger charge is 2.17. The predicted molar refractivity (Wildman–Crippen MR) is 85.8 cm³/mol. The summed E-state index contributed by atoms with van der Waals surface area (Å²) in [4.78, 5) is 23.6. The summed E-state index contributed by atoms with van der Waals surface area (Å²) in [6, 6.07) is 6.23. The van der Waals surface area contributed by atoms with Crippen molar-refractivity contribution in [1.82, 2.24) is 10.6 Å². The molecule has 0 radical (unpaired) electrons. The van der Waals surface area contributed by atoms with Gasteiger partial charge < -0.3 is 15.7 Å². The van der Waals surface area contributed by atoms with Crippen LogP contribution >= 0.6 is 23.4 Å². The summed E-state index contributed by atoms with van der Waals surface area (Å²) in [5.74, 6) is -0.629. The van der Waals surface area contributed by atoms with Gasteiger partial charge in [-0.3, -0.25) is 9.59 Å². The van der Waals surface area contributed by atoms with Crippen molar-refractivity contribution >= 4 is 35.2 Å². The molecule has 0 spiro atoms. The highest BCUT2D eigenvalue weighted by atomic mass is 35.5. The molecule has 0 aliphatic heterocycles. The minimum Gasteiger partial charge on any atom is -0.395 e. The maximum atomic E-state index is 11.8. The first-order chi connectivity index (χ1) is 9.97. The Kier molecular flexibility index (Phi) is 7.56. The van der Waals surface area contributed by atoms with Crippen LogP contribution in [0.25, 0.3) is 0 Å². The average Bonchev–Trinajstić information content (AvgIpc) is 2.46. The number of halogens is 1. The number of carbonyl (C=O) groups is 2. The molecule has 0 fully saturated rings. The lowest BCUT2D eigenvalue weighted by atomic mass is 10.2. The van der Waals surface area contributed by atoms with Crippen molar-refractivity contribution in [3.05, 3.63) is 34.9 Å². The van der Waals surface area contributed by atoms with Crippen LogP contribution in [0.3, 0.4) is 0 Å². The number of rotatable bonds is 7. The van der Waals surface area contributed by atoms with Gasteiger partial charge in [-0.1, -0.05) is 11.6 Å². The number of amides is 2. The van der Waals surface area contributed by atoms with Gasteiger partial charge in [0.05, 0.1) is 13.2 Å². The van der Waals surface area contributed by atoms with Gasteiger partial charge in [-0.25, -0.2) is 0 Å². The molecule has 0 saturated heterocycles. The normalized spacial score (nSPS) is 13.3. The quantitative estimate of drug-likeness (QED) is 0.704. The van der Waals surface area contributed by atoms with Gasteiger partial charge in [0.1, 0.15) is 0 Å². The standard InChI is InChI=1S/C14H19ClN2O3S/c1-9(12(8-18)21-2)17-13(19)7-16-14(20)10-3-5-11(15)6-4-10/h3-6,9,12,18H,7-8H2,1-2H3,(H,16,20)(H,17,19). The van der Waals surface area contributed by atoms with E-state index < -0.39 is 0 Å². The first kappa shape index (κ1) is 17.8. The molecule has 1 rings (SSSR count). The fraction of sp³-hybridized carbons (Fsp3) is 0.429. The summed E-state index contributed by atoms with van der Waals surface area (Å²) in [5.41, 5.74) is 0.442. The summed E-state index contributed by atoms with van der Waals surface area (Å²) >= 11 is 7.22.